The topological polar surface area (TPSA) is 66.6 Å². The van der Waals surface area contributed by atoms with Crippen molar-refractivity contribution < 1.29 is 13.2 Å². The van der Waals surface area contributed by atoms with Crippen LogP contribution in [0.5, 0.6) is 0 Å². The molecule has 0 aromatic carbocycles. The molecule has 0 saturated heterocycles. The quantitative estimate of drug-likeness (QED) is 0.286. The van der Waals surface area contributed by atoms with Crippen LogP contribution < -0.4 is 10.6 Å². The fourth-order valence-electron chi connectivity index (χ4n) is 2.70. The Morgan fingerprint density at radius 1 is 1.21 bits per heavy atom. The van der Waals surface area contributed by atoms with Gasteiger partial charge in [-0.25, -0.2) is 9.97 Å². The number of thiazole rings is 1. The minimum atomic E-state index is -4.39. The highest BCUT2D eigenvalue weighted by Gasteiger charge is 2.33. The molecule has 0 unspecified atom stereocenters. The lowest BCUT2D eigenvalue weighted by atomic mass is 10.3. The van der Waals surface area contributed by atoms with Crippen LogP contribution in [-0.4, -0.2) is 40.5 Å². The molecule has 3 aromatic rings. The van der Waals surface area contributed by atoms with Gasteiger partial charge in [-0.05, 0) is 18.6 Å². The first-order chi connectivity index (χ1) is 13.4. The van der Waals surface area contributed by atoms with E-state index in [1.165, 1.54) is 0 Å². The molecule has 0 aliphatic heterocycles. The largest absolute Gasteiger partial charge is 0.434 e. The Morgan fingerprint density at radius 3 is 2.55 bits per heavy atom. The number of nitrogens with zero attached hydrogens (tertiary/aromatic N) is 4. The molecule has 6 nitrogen and oxygen atoms in total. The first-order valence-electron chi connectivity index (χ1n) is 8.76. The van der Waals surface area contributed by atoms with Gasteiger partial charge in [0.1, 0.15) is 5.65 Å². The molecule has 3 heterocycles. The minimum Gasteiger partial charge on any atom is -0.356 e. The number of fused-ring (bicyclic) bond motifs is 1. The number of halogens is 4. The highest BCUT2D eigenvalue weighted by Crippen LogP contribution is 2.29. The fraction of sp³-hybridized carbons (Fsp3) is 0.389. The van der Waals surface area contributed by atoms with Gasteiger partial charge in [0.05, 0.1) is 10.7 Å². The van der Waals surface area contributed by atoms with Gasteiger partial charge >= 0.3 is 6.18 Å². The molecule has 0 saturated carbocycles. The first-order valence-corrected chi connectivity index (χ1v) is 9.64. The second-order valence-electron chi connectivity index (χ2n) is 6.20. The Kier molecular flexibility index (Phi) is 8.25. The summed E-state index contributed by atoms with van der Waals surface area (Å²) in [7, 11) is 1.65. The van der Waals surface area contributed by atoms with Gasteiger partial charge in [-0.3, -0.25) is 4.99 Å². The number of rotatable bonds is 6. The summed E-state index contributed by atoms with van der Waals surface area (Å²) in [5, 5.41) is 7.75. The number of guanidine groups is 1. The summed E-state index contributed by atoms with van der Waals surface area (Å²) < 4.78 is 39.7. The molecule has 29 heavy (non-hydrogen) atoms. The molecule has 0 aliphatic rings. The maximum absolute atomic E-state index is 12.6. The normalized spacial score (nSPS) is 12.1. The van der Waals surface area contributed by atoms with E-state index < -0.39 is 11.9 Å². The first kappa shape index (κ1) is 23.4. The summed E-state index contributed by atoms with van der Waals surface area (Å²) in [5.74, 6) is 0.590. The third kappa shape index (κ3) is 6.29. The number of imidazole rings is 1. The Hall–Kier alpha value is -1.89. The lowest BCUT2D eigenvalue weighted by molar-refractivity contribution is -0.140. The van der Waals surface area contributed by atoms with Crippen LogP contribution in [0.1, 0.15) is 22.0 Å². The second-order valence-corrected chi connectivity index (χ2v) is 7.15. The van der Waals surface area contributed by atoms with Crippen LogP contribution >= 0.6 is 35.3 Å². The number of alkyl halides is 3. The predicted octanol–water partition coefficient (Wildman–Crippen LogP) is 3.69. The number of hydrogen-bond acceptors (Lipinski definition) is 4. The summed E-state index contributed by atoms with van der Waals surface area (Å²) >= 11 is 1.01. The molecule has 0 radical (unpaired) electrons. The van der Waals surface area contributed by atoms with Crippen LogP contribution in [0.25, 0.3) is 5.65 Å². The minimum absolute atomic E-state index is 0. The summed E-state index contributed by atoms with van der Waals surface area (Å²) in [6.45, 7) is 3.10. The van der Waals surface area contributed by atoms with E-state index in [0.717, 1.165) is 40.0 Å². The SMILES string of the molecule is CN=C(NCCc1cn2cccc(C)c2n1)NCCc1nc(C(F)(F)F)cs1.I. The molecule has 11 heteroatoms. The van der Waals surface area contributed by atoms with E-state index in [4.69, 9.17) is 0 Å². The Labute approximate surface area is 187 Å². The standard InChI is InChI=1S/C18H21F3N6S.HI/c1-12-4-3-9-27-10-13(25-16(12)27)5-7-23-17(22-2)24-8-6-15-26-14(11-28-15)18(19,20)21;/h3-4,9-11H,5-8H2,1-2H3,(H2,22,23,24);1H. The lowest BCUT2D eigenvalue weighted by Gasteiger charge is -2.10. The average molecular weight is 538 g/mol. The summed E-state index contributed by atoms with van der Waals surface area (Å²) in [5.41, 5.74) is 2.20. The molecule has 0 amide bonds. The number of nitrogens with one attached hydrogen (secondary N) is 2. The molecule has 3 rings (SSSR count). The van der Waals surface area contributed by atoms with Crippen molar-refractivity contribution in [1.82, 2.24) is 25.0 Å². The third-order valence-corrected chi connectivity index (χ3v) is 5.01. The Balaban J connectivity index is 0.00000300. The van der Waals surface area contributed by atoms with Gasteiger partial charge < -0.3 is 15.0 Å². The molecule has 0 aliphatic carbocycles. The third-order valence-electron chi connectivity index (χ3n) is 4.10. The zero-order chi connectivity index (χ0) is 20.1. The van der Waals surface area contributed by atoms with Crippen molar-refractivity contribution >= 4 is 46.9 Å². The van der Waals surface area contributed by atoms with E-state index in [-0.39, 0.29) is 24.0 Å². The van der Waals surface area contributed by atoms with Gasteiger partial charge in [0.25, 0.3) is 0 Å². The van der Waals surface area contributed by atoms with Gasteiger partial charge in [0.2, 0.25) is 0 Å². The Morgan fingerprint density at radius 2 is 1.93 bits per heavy atom. The molecule has 0 bridgehead atoms. The molecule has 0 fully saturated rings. The number of aryl methyl sites for hydroxylation is 1. The average Bonchev–Trinajstić information content (AvgIpc) is 3.27. The second kappa shape index (κ2) is 10.2. The monoisotopic (exact) mass is 538 g/mol. The Bertz CT molecular complexity index is 966. The number of aromatic nitrogens is 3. The molecular weight excluding hydrogens is 516 g/mol. The zero-order valence-electron chi connectivity index (χ0n) is 16.0. The van der Waals surface area contributed by atoms with Crippen molar-refractivity contribution in [3.05, 3.63) is 51.9 Å². The zero-order valence-corrected chi connectivity index (χ0v) is 19.1. The molecule has 158 valence electrons. The van der Waals surface area contributed by atoms with E-state index in [1.807, 2.05) is 35.9 Å². The van der Waals surface area contributed by atoms with Crippen molar-refractivity contribution in [2.75, 3.05) is 20.1 Å². The van der Waals surface area contributed by atoms with Gasteiger partial charge in [-0.15, -0.1) is 35.3 Å². The molecule has 0 atom stereocenters. The van der Waals surface area contributed by atoms with Crippen LogP contribution in [0.3, 0.4) is 0 Å². The van der Waals surface area contributed by atoms with Crippen molar-refractivity contribution in [2.45, 2.75) is 25.9 Å². The van der Waals surface area contributed by atoms with E-state index in [2.05, 4.69) is 25.6 Å². The number of pyridine rings is 1. The van der Waals surface area contributed by atoms with E-state index in [9.17, 15) is 13.2 Å². The van der Waals surface area contributed by atoms with Crippen LogP contribution in [0.2, 0.25) is 0 Å². The number of hydrogen-bond donors (Lipinski definition) is 2. The van der Waals surface area contributed by atoms with Crippen LogP contribution in [-0.2, 0) is 19.0 Å². The lowest BCUT2D eigenvalue weighted by Crippen LogP contribution is -2.39. The maximum atomic E-state index is 12.6. The summed E-state index contributed by atoms with van der Waals surface area (Å²) in [6.07, 6.45) is 0.698. The summed E-state index contributed by atoms with van der Waals surface area (Å²) in [4.78, 5) is 12.4. The van der Waals surface area contributed by atoms with Crippen molar-refractivity contribution in [3.63, 3.8) is 0 Å². The van der Waals surface area contributed by atoms with Gasteiger partial charge in [-0.1, -0.05) is 6.07 Å². The molecule has 0 spiro atoms. The molecule has 2 N–H and O–H groups in total. The van der Waals surface area contributed by atoms with E-state index >= 15 is 0 Å². The van der Waals surface area contributed by atoms with Crippen molar-refractivity contribution in [1.29, 1.82) is 0 Å². The highest BCUT2D eigenvalue weighted by atomic mass is 127. The van der Waals surface area contributed by atoms with Gasteiger partial charge in [-0.2, -0.15) is 13.2 Å². The molecule has 3 aromatic heterocycles. The number of aliphatic imine (C=N–C) groups is 1. The maximum Gasteiger partial charge on any atom is 0.434 e. The van der Waals surface area contributed by atoms with Crippen molar-refractivity contribution in [3.8, 4) is 0 Å². The molecular formula is C18H22F3IN6S. The van der Waals surface area contributed by atoms with Gasteiger partial charge in [0, 0.05) is 50.8 Å². The van der Waals surface area contributed by atoms with Crippen LogP contribution in [0.4, 0.5) is 13.2 Å². The predicted molar refractivity (Wildman–Crippen MR) is 119 cm³/mol. The van der Waals surface area contributed by atoms with E-state index in [0.29, 0.717) is 30.5 Å². The van der Waals surface area contributed by atoms with E-state index in [1.54, 1.807) is 7.05 Å². The van der Waals surface area contributed by atoms with Crippen LogP contribution in [0, 0.1) is 6.92 Å². The van der Waals surface area contributed by atoms with Crippen LogP contribution in [0.15, 0.2) is 34.9 Å². The fourth-order valence-corrected chi connectivity index (χ4v) is 3.50. The highest BCUT2D eigenvalue weighted by molar-refractivity contribution is 14.0. The van der Waals surface area contributed by atoms with Crippen molar-refractivity contribution in [2.24, 2.45) is 4.99 Å². The van der Waals surface area contributed by atoms with Gasteiger partial charge in [0.15, 0.2) is 11.7 Å². The smallest absolute Gasteiger partial charge is 0.356 e. The summed E-state index contributed by atoms with van der Waals surface area (Å²) in [6, 6.07) is 4.01.